The highest BCUT2D eigenvalue weighted by Crippen LogP contribution is 2.33. The van der Waals surface area contributed by atoms with Crippen LogP contribution in [-0.2, 0) is 11.2 Å². The molecule has 146 valence electrons. The van der Waals surface area contributed by atoms with E-state index in [1.807, 2.05) is 49.4 Å². The highest BCUT2D eigenvalue weighted by molar-refractivity contribution is 5.34. The van der Waals surface area contributed by atoms with Gasteiger partial charge in [-0.2, -0.15) is 0 Å². The summed E-state index contributed by atoms with van der Waals surface area (Å²) in [6, 6.07) is 15.4. The van der Waals surface area contributed by atoms with Gasteiger partial charge in [0, 0.05) is 0 Å². The number of hydrogen-bond acceptors (Lipinski definition) is 6. The van der Waals surface area contributed by atoms with Gasteiger partial charge in [0.15, 0.2) is 0 Å². The van der Waals surface area contributed by atoms with E-state index in [1.165, 1.54) is 0 Å². The minimum absolute atomic E-state index is 0.437. The van der Waals surface area contributed by atoms with Crippen molar-refractivity contribution in [2.45, 2.75) is 43.9 Å². The average molecular weight is 374 g/mol. The fourth-order valence-electron chi connectivity index (χ4n) is 3.36. The summed E-state index contributed by atoms with van der Waals surface area (Å²) in [6.45, 7) is 2.13. The number of rotatable bonds is 6. The minimum Gasteiger partial charge on any atom is -0.494 e. The standard InChI is InChI=1S/C21H26O6/c1-2-26-16-8-6-13(7-9-16)10-14-4-3-5-15(11-14)21-20(25)19(24)18(23)17(12-22)27-21/h3-9,11,17-25H,2,10,12H2,1H3. The van der Waals surface area contributed by atoms with Crippen molar-refractivity contribution in [3.63, 3.8) is 0 Å². The van der Waals surface area contributed by atoms with Gasteiger partial charge in [-0.15, -0.1) is 0 Å². The van der Waals surface area contributed by atoms with E-state index in [9.17, 15) is 20.4 Å². The number of benzene rings is 2. The van der Waals surface area contributed by atoms with E-state index in [1.54, 1.807) is 6.07 Å². The van der Waals surface area contributed by atoms with Crippen molar-refractivity contribution in [1.82, 2.24) is 0 Å². The van der Waals surface area contributed by atoms with Crippen molar-refractivity contribution in [2.24, 2.45) is 0 Å². The van der Waals surface area contributed by atoms with Crippen LogP contribution >= 0.6 is 0 Å². The molecule has 0 saturated carbocycles. The van der Waals surface area contributed by atoms with Gasteiger partial charge in [-0.1, -0.05) is 36.4 Å². The van der Waals surface area contributed by atoms with Gasteiger partial charge in [-0.3, -0.25) is 0 Å². The van der Waals surface area contributed by atoms with Crippen LogP contribution in [0, 0.1) is 0 Å². The quantitative estimate of drug-likeness (QED) is 0.606. The van der Waals surface area contributed by atoms with Gasteiger partial charge >= 0.3 is 0 Å². The first kappa shape index (κ1) is 19.8. The van der Waals surface area contributed by atoms with Crippen molar-refractivity contribution in [3.8, 4) is 5.75 Å². The number of hydrogen-bond donors (Lipinski definition) is 4. The Hall–Kier alpha value is -1.96. The van der Waals surface area contributed by atoms with Crippen molar-refractivity contribution >= 4 is 0 Å². The van der Waals surface area contributed by atoms with Crippen molar-refractivity contribution in [1.29, 1.82) is 0 Å². The van der Waals surface area contributed by atoms with E-state index < -0.39 is 37.1 Å². The fraction of sp³-hybridized carbons (Fsp3) is 0.429. The molecule has 1 aliphatic heterocycles. The molecule has 2 aromatic carbocycles. The third-order valence-corrected chi connectivity index (χ3v) is 4.81. The maximum atomic E-state index is 10.3. The molecule has 1 fully saturated rings. The van der Waals surface area contributed by atoms with Crippen molar-refractivity contribution in [2.75, 3.05) is 13.2 Å². The lowest BCUT2D eigenvalue weighted by Gasteiger charge is -2.40. The molecule has 0 aliphatic carbocycles. The molecule has 1 saturated heterocycles. The Kier molecular flexibility index (Phi) is 6.46. The van der Waals surface area contributed by atoms with Crippen LogP contribution in [0.2, 0.25) is 0 Å². The topological polar surface area (TPSA) is 99.4 Å². The molecule has 0 radical (unpaired) electrons. The number of ether oxygens (including phenoxy) is 2. The molecular formula is C21H26O6. The summed E-state index contributed by atoms with van der Waals surface area (Å²) < 4.78 is 11.1. The predicted octanol–water partition coefficient (Wildman–Crippen LogP) is 1.19. The highest BCUT2D eigenvalue weighted by Gasteiger charge is 2.43. The first-order chi connectivity index (χ1) is 13.0. The second kappa shape index (κ2) is 8.82. The molecule has 2 aromatic rings. The Morgan fingerprint density at radius 2 is 1.67 bits per heavy atom. The van der Waals surface area contributed by atoms with E-state index in [2.05, 4.69) is 0 Å². The summed E-state index contributed by atoms with van der Waals surface area (Å²) >= 11 is 0. The first-order valence-electron chi connectivity index (χ1n) is 9.14. The Morgan fingerprint density at radius 1 is 0.926 bits per heavy atom. The Balaban J connectivity index is 1.76. The van der Waals surface area contributed by atoms with E-state index in [0.29, 0.717) is 18.6 Å². The number of aliphatic hydroxyl groups is 4. The first-order valence-corrected chi connectivity index (χ1v) is 9.14. The highest BCUT2D eigenvalue weighted by atomic mass is 16.5. The molecule has 4 N–H and O–H groups in total. The molecule has 5 atom stereocenters. The van der Waals surface area contributed by atoms with Crippen molar-refractivity contribution in [3.05, 3.63) is 65.2 Å². The van der Waals surface area contributed by atoms with Crippen LogP contribution in [0.4, 0.5) is 0 Å². The van der Waals surface area contributed by atoms with Crippen LogP contribution in [0.25, 0.3) is 0 Å². The van der Waals surface area contributed by atoms with Gasteiger partial charge in [0.25, 0.3) is 0 Å². The third-order valence-electron chi connectivity index (χ3n) is 4.81. The lowest BCUT2D eigenvalue weighted by Crippen LogP contribution is -2.55. The van der Waals surface area contributed by atoms with Crippen LogP contribution in [-0.4, -0.2) is 58.1 Å². The largest absolute Gasteiger partial charge is 0.494 e. The summed E-state index contributed by atoms with van der Waals surface area (Å²) in [5.74, 6) is 0.830. The molecule has 0 amide bonds. The van der Waals surface area contributed by atoms with Gasteiger partial charge in [-0.25, -0.2) is 0 Å². The molecular weight excluding hydrogens is 348 g/mol. The summed E-state index contributed by atoms with van der Waals surface area (Å²) in [4.78, 5) is 0. The maximum Gasteiger partial charge on any atom is 0.119 e. The van der Waals surface area contributed by atoms with E-state index in [0.717, 1.165) is 16.9 Å². The zero-order valence-electron chi connectivity index (χ0n) is 15.2. The van der Waals surface area contributed by atoms with Gasteiger partial charge in [0.1, 0.15) is 36.3 Å². The van der Waals surface area contributed by atoms with Gasteiger partial charge in [0.2, 0.25) is 0 Å². The zero-order valence-corrected chi connectivity index (χ0v) is 15.2. The second-order valence-corrected chi connectivity index (χ2v) is 6.75. The van der Waals surface area contributed by atoms with Gasteiger partial charge in [0.05, 0.1) is 13.2 Å². The molecule has 6 nitrogen and oxygen atoms in total. The van der Waals surface area contributed by atoms with Gasteiger partial charge < -0.3 is 29.9 Å². The Morgan fingerprint density at radius 3 is 2.33 bits per heavy atom. The van der Waals surface area contributed by atoms with Crippen LogP contribution in [0.15, 0.2) is 48.5 Å². The molecule has 6 heteroatoms. The Labute approximate surface area is 158 Å². The van der Waals surface area contributed by atoms with Gasteiger partial charge in [-0.05, 0) is 42.2 Å². The molecule has 3 rings (SSSR count). The summed E-state index contributed by atoms with van der Waals surface area (Å²) in [6.07, 6.45) is -5.05. The summed E-state index contributed by atoms with van der Waals surface area (Å²) in [5.41, 5.74) is 2.83. The maximum absolute atomic E-state index is 10.3. The lowest BCUT2D eigenvalue weighted by molar-refractivity contribution is -0.231. The normalized spacial score (nSPS) is 28.1. The van der Waals surface area contributed by atoms with Crippen molar-refractivity contribution < 1.29 is 29.9 Å². The van der Waals surface area contributed by atoms with Crippen LogP contribution in [0.3, 0.4) is 0 Å². The summed E-state index contributed by atoms with van der Waals surface area (Å²) in [7, 11) is 0. The third kappa shape index (κ3) is 4.48. The molecule has 1 heterocycles. The molecule has 0 spiro atoms. The van der Waals surface area contributed by atoms with E-state index >= 15 is 0 Å². The molecule has 27 heavy (non-hydrogen) atoms. The number of aliphatic hydroxyl groups excluding tert-OH is 4. The van der Waals surface area contributed by atoms with Crippen LogP contribution < -0.4 is 4.74 Å². The van der Waals surface area contributed by atoms with E-state index in [-0.39, 0.29) is 0 Å². The SMILES string of the molecule is CCOc1ccc(Cc2cccc(C3OC(CO)C(O)C(O)C3O)c2)cc1. The van der Waals surface area contributed by atoms with E-state index in [4.69, 9.17) is 9.47 Å². The molecule has 5 unspecified atom stereocenters. The molecule has 0 bridgehead atoms. The smallest absolute Gasteiger partial charge is 0.119 e. The molecule has 1 aliphatic rings. The minimum atomic E-state index is -1.38. The second-order valence-electron chi connectivity index (χ2n) is 6.75. The summed E-state index contributed by atoms with van der Waals surface area (Å²) in [5, 5.41) is 39.6. The average Bonchev–Trinajstić information content (AvgIpc) is 2.68. The predicted molar refractivity (Wildman–Crippen MR) is 99.6 cm³/mol. The van der Waals surface area contributed by atoms with Crippen LogP contribution in [0.5, 0.6) is 5.75 Å². The van der Waals surface area contributed by atoms with Crippen LogP contribution in [0.1, 0.15) is 29.7 Å². The Bertz CT molecular complexity index is 730. The lowest BCUT2D eigenvalue weighted by atomic mass is 9.90. The monoisotopic (exact) mass is 374 g/mol. The molecule has 0 aromatic heterocycles. The fourth-order valence-corrected chi connectivity index (χ4v) is 3.36. The zero-order chi connectivity index (χ0) is 19.4.